The molecule has 0 spiro atoms. The molecule has 0 aliphatic heterocycles. The molecule has 0 amide bonds. The maximum Gasteiger partial charge on any atom is 0.343 e. The number of carbonyl (C=O) groups is 1. The molecule has 0 aromatic heterocycles. The van der Waals surface area contributed by atoms with E-state index in [1.165, 1.54) is 36.8 Å². The summed E-state index contributed by atoms with van der Waals surface area (Å²) in [5, 5.41) is 0. The molecule has 0 saturated carbocycles. The van der Waals surface area contributed by atoms with E-state index >= 15 is 0 Å². The number of rotatable bonds is 8. The van der Waals surface area contributed by atoms with Crippen LogP contribution in [0.1, 0.15) is 74.9 Å². The van der Waals surface area contributed by atoms with Crippen LogP contribution >= 0.6 is 0 Å². The summed E-state index contributed by atoms with van der Waals surface area (Å²) in [7, 11) is 0. The van der Waals surface area contributed by atoms with Crippen molar-refractivity contribution in [1.29, 1.82) is 0 Å². The minimum atomic E-state index is -0.308. The Morgan fingerprint density at radius 2 is 1.56 bits per heavy atom. The third kappa shape index (κ3) is 5.45. The molecule has 2 aromatic carbocycles. The number of aryl methyl sites for hydroxylation is 1. The number of ether oxygens (including phenoxy) is 1. The lowest BCUT2D eigenvalue weighted by Gasteiger charge is -2.25. The maximum absolute atomic E-state index is 12.2. The summed E-state index contributed by atoms with van der Waals surface area (Å²) in [6.45, 7) is 8.88. The van der Waals surface area contributed by atoms with Crippen molar-refractivity contribution in [1.82, 2.24) is 0 Å². The Kier molecular flexibility index (Phi) is 6.81. The van der Waals surface area contributed by atoms with E-state index in [2.05, 4.69) is 39.8 Å². The van der Waals surface area contributed by atoms with Crippen molar-refractivity contribution in [2.45, 2.75) is 65.2 Å². The molecule has 0 aliphatic rings. The van der Waals surface area contributed by atoms with E-state index in [0.717, 1.165) is 6.42 Å². The Morgan fingerprint density at radius 1 is 0.920 bits per heavy atom. The fourth-order valence-electron chi connectivity index (χ4n) is 2.98. The second-order valence-corrected chi connectivity index (χ2v) is 7.31. The van der Waals surface area contributed by atoms with Gasteiger partial charge in [-0.25, -0.2) is 4.79 Å². The molecule has 0 radical (unpaired) electrons. The van der Waals surface area contributed by atoms with Gasteiger partial charge in [-0.05, 0) is 53.6 Å². The van der Waals surface area contributed by atoms with E-state index in [9.17, 15) is 4.79 Å². The average Bonchev–Trinajstić information content (AvgIpc) is 2.62. The van der Waals surface area contributed by atoms with E-state index < -0.39 is 0 Å². The van der Waals surface area contributed by atoms with Gasteiger partial charge in [0, 0.05) is 0 Å². The number of hydrogen-bond acceptors (Lipinski definition) is 2. The van der Waals surface area contributed by atoms with Gasteiger partial charge in [0.05, 0.1) is 5.56 Å². The summed E-state index contributed by atoms with van der Waals surface area (Å²) in [5.74, 6) is 0.287. The van der Waals surface area contributed by atoms with E-state index in [4.69, 9.17) is 4.74 Å². The lowest BCUT2D eigenvalue weighted by molar-refractivity contribution is 0.0734. The number of carbonyl (C=O) groups excluding carboxylic acids is 1. The lowest BCUT2D eigenvalue weighted by Crippen LogP contribution is -2.17. The zero-order valence-electron chi connectivity index (χ0n) is 16.0. The van der Waals surface area contributed by atoms with Crippen molar-refractivity contribution in [3.63, 3.8) is 0 Å². The highest BCUT2D eigenvalue weighted by Gasteiger charge is 2.20. The molecule has 25 heavy (non-hydrogen) atoms. The van der Waals surface area contributed by atoms with E-state index in [0.29, 0.717) is 11.3 Å². The van der Waals surface area contributed by atoms with Crippen LogP contribution in [0.5, 0.6) is 5.75 Å². The summed E-state index contributed by atoms with van der Waals surface area (Å²) in [4.78, 5) is 12.2. The molecule has 0 bridgehead atoms. The second kappa shape index (κ2) is 8.84. The molecule has 0 atom stereocenters. The summed E-state index contributed by atoms with van der Waals surface area (Å²) < 4.78 is 5.50. The van der Waals surface area contributed by atoms with Gasteiger partial charge in [-0.2, -0.15) is 0 Å². The van der Waals surface area contributed by atoms with Crippen LogP contribution in [0, 0.1) is 0 Å². The summed E-state index contributed by atoms with van der Waals surface area (Å²) in [5.41, 5.74) is 3.23. The topological polar surface area (TPSA) is 26.3 Å². The molecule has 2 aromatic rings. The van der Waals surface area contributed by atoms with Crippen molar-refractivity contribution >= 4 is 5.97 Å². The molecular weight excluding hydrogens is 308 g/mol. The molecule has 0 heterocycles. The molecule has 0 unspecified atom stereocenters. The van der Waals surface area contributed by atoms with Crippen LogP contribution in [0.2, 0.25) is 0 Å². The zero-order chi connectivity index (χ0) is 18.3. The van der Waals surface area contributed by atoms with Gasteiger partial charge < -0.3 is 4.74 Å². The van der Waals surface area contributed by atoms with Crippen molar-refractivity contribution in [2.75, 3.05) is 0 Å². The van der Waals surface area contributed by atoms with Crippen molar-refractivity contribution in [3.8, 4) is 5.75 Å². The van der Waals surface area contributed by atoms with Gasteiger partial charge in [0.2, 0.25) is 0 Å². The Bertz CT molecular complexity index is 666. The number of benzene rings is 2. The summed E-state index contributed by atoms with van der Waals surface area (Å²) in [6.07, 6.45) is 5.89. The van der Waals surface area contributed by atoms with Crippen LogP contribution in [0.15, 0.2) is 48.5 Å². The molecule has 134 valence electrons. The minimum absolute atomic E-state index is 0.147. The first-order valence-electron chi connectivity index (χ1n) is 9.38. The third-order valence-electron chi connectivity index (χ3n) is 4.85. The Balaban J connectivity index is 2.00. The normalized spacial score (nSPS) is 11.4. The molecular formula is C23H30O2. The molecule has 0 aliphatic carbocycles. The maximum atomic E-state index is 12.2. The van der Waals surface area contributed by atoms with Crippen LogP contribution in [-0.4, -0.2) is 5.97 Å². The highest BCUT2D eigenvalue weighted by Crippen LogP contribution is 2.30. The van der Waals surface area contributed by atoms with Crippen LogP contribution in [0.3, 0.4) is 0 Å². The molecule has 0 saturated heterocycles. The Labute approximate surface area is 152 Å². The van der Waals surface area contributed by atoms with E-state index in [1.54, 1.807) is 0 Å². The first kappa shape index (κ1) is 19.2. The Hall–Kier alpha value is -2.09. The molecule has 0 fully saturated rings. The highest BCUT2D eigenvalue weighted by atomic mass is 16.5. The first-order chi connectivity index (χ1) is 12.0. The number of esters is 1. The van der Waals surface area contributed by atoms with Gasteiger partial charge in [0.1, 0.15) is 5.75 Å². The summed E-state index contributed by atoms with van der Waals surface area (Å²) >= 11 is 0. The monoisotopic (exact) mass is 338 g/mol. The third-order valence-corrected chi connectivity index (χ3v) is 4.85. The lowest BCUT2D eigenvalue weighted by atomic mass is 9.80. The average molecular weight is 338 g/mol. The number of hydrogen-bond donors (Lipinski definition) is 0. The van der Waals surface area contributed by atoms with Crippen LogP contribution in [0.25, 0.3) is 0 Å². The van der Waals surface area contributed by atoms with Crippen molar-refractivity contribution < 1.29 is 9.53 Å². The van der Waals surface area contributed by atoms with E-state index in [-0.39, 0.29) is 11.4 Å². The zero-order valence-corrected chi connectivity index (χ0v) is 16.0. The smallest absolute Gasteiger partial charge is 0.343 e. The number of unbranched alkanes of at least 4 members (excludes halogenated alkanes) is 2. The second-order valence-electron chi connectivity index (χ2n) is 7.31. The predicted octanol–water partition coefficient (Wildman–Crippen LogP) is 6.33. The van der Waals surface area contributed by atoms with Gasteiger partial charge in [-0.1, -0.05) is 71.2 Å². The molecule has 2 rings (SSSR count). The van der Waals surface area contributed by atoms with Gasteiger partial charge in [0.25, 0.3) is 0 Å². The van der Waals surface area contributed by atoms with Crippen molar-refractivity contribution in [3.05, 3.63) is 65.2 Å². The molecule has 2 heteroatoms. The molecule has 0 N–H and O–H groups in total. The van der Waals surface area contributed by atoms with Gasteiger partial charge in [-0.3, -0.25) is 0 Å². The largest absolute Gasteiger partial charge is 0.423 e. The standard InChI is InChI=1S/C23H30O2/c1-5-7-8-17-23(3,4)20-13-15-21(16-14-20)25-22(24)19-11-9-18(6-2)10-12-19/h9-16H,5-8,17H2,1-4H3. The first-order valence-corrected chi connectivity index (χ1v) is 9.38. The highest BCUT2D eigenvalue weighted by molar-refractivity contribution is 5.91. The Morgan fingerprint density at radius 3 is 2.12 bits per heavy atom. The quantitative estimate of drug-likeness (QED) is 0.319. The molecule has 2 nitrogen and oxygen atoms in total. The van der Waals surface area contributed by atoms with Crippen LogP contribution in [0.4, 0.5) is 0 Å². The van der Waals surface area contributed by atoms with Crippen molar-refractivity contribution in [2.24, 2.45) is 0 Å². The minimum Gasteiger partial charge on any atom is -0.423 e. The fourth-order valence-corrected chi connectivity index (χ4v) is 2.98. The fraction of sp³-hybridized carbons (Fsp3) is 0.435. The predicted molar refractivity (Wildman–Crippen MR) is 104 cm³/mol. The van der Waals surface area contributed by atoms with E-state index in [1.807, 2.05) is 36.4 Å². The van der Waals surface area contributed by atoms with Gasteiger partial charge >= 0.3 is 5.97 Å². The van der Waals surface area contributed by atoms with Crippen LogP contribution in [-0.2, 0) is 11.8 Å². The van der Waals surface area contributed by atoms with Gasteiger partial charge in [0.15, 0.2) is 0 Å². The summed E-state index contributed by atoms with van der Waals surface area (Å²) in [6, 6.07) is 15.5. The SMILES string of the molecule is CCCCCC(C)(C)c1ccc(OC(=O)c2ccc(CC)cc2)cc1. The van der Waals surface area contributed by atoms with Gasteiger partial charge in [-0.15, -0.1) is 0 Å². The van der Waals surface area contributed by atoms with Crippen LogP contribution < -0.4 is 4.74 Å².